The average Bonchev–Trinajstić information content (AvgIpc) is 2.35. The molecule has 5 nitrogen and oxygen atoms in total. The quantitative estimate of drug-likeness (QED) is 0.613. The Kier molecular flexibility index (Phi) is 5.19. The number of hydrogen-bond donors (Lipinski definition) is 0. The van der Waals surface area contributed by atoms with Crippen molar-refractivity contribution in [2.75, 3.05) is 0 Å². The van der Waals surface area contributed by atoms with Gasteiger partial charge in [0.05, 0.1) is 5.69 Å². The van der Waals surface area contributed by atoms with Crippen molar-refractivity contribution >= 4 is 10.1 Å². The zero-order chi connectivity index (χ0) is 16.4. The molecule has 0 aliphatic rings. The molecule has 0 saturated carbocycles. The van der Waals surface area contributed by atoms with Gasteiger partial charge < -0.3 is 4.18 Å². The number of hydrogen-bond acceptors (Lipinski definition) is 5. The fourth-order valence-electron chi connectivity index (χ4n) is 1.63. The molecule has 1 aromatic heterocycles. The van der Waals surface area contributed by atoms with Crippen LogP contribution in [0, 0.1) is 0 Å². The minimum Gasteiger partial charge on any atom is -0.337 e. The van der Waals surface area contributed by atoms with Crippen LogP contribution in [0.25, 0.3) is 0 Å². The topological polar surface area (TPSA) is 69.2 Å². The van der Waals surface area contributed by atoms with Gasteiger partial charge in [-0.15, -0.1) is 0 Å². The second kappa shape index (κ2) is 6.17. The summed E-state index contributed by atoms with van der Waals surface area (Å²) in [7, 11) is -5.76. The second-order valence-corrected chi connectivity index (χ2v) is 6.48. The molecule has 0 amide bonds. The molecular weight excluding hydrogens is 309 g/mol. The first kappa shape index (κ1) is 17.7. The normalized spacial score (nSPS) is 14.3. The fourth-order valence-corrected chi connectivity index (χ4v) is 2.01. The number of rotatable bonds is 5. The first-order chi connectivity index (χ1) is 9.49. The molecule has 0 spiro atoms. The van der Waals surface area contributed by atoms with E-state index < -0.39 is 21.6 Å². The minimum atomic E-state index is -5.76. The van der Waals surface area contributed by atoms with Gasteiger partial charge in [0.15, 0.2) is 0 Å². The largest absolute Gasteiger partial charge is 0.534 e. The Morgan fingerprint density at radius 1 is 1.29 bits per heavy atom. The molecule has 120 valence electrons. The van der Waals surface area contributed by atoms with Crippen LogP contribution in [0.5, 0.6) is 6.01 Å². The van der Waals surface area contributed by atoms with E-state index >= 15 is 0 Å². The van der Waals surface area contributed by atoms with Crippen molar-refractivity contribution in [1.29, 1.82) is 0 Å². The maximum atomic E-state index is 12.3. The van der Waals surface area contributed by atoms with E-state index in [1.165, 1.54) is 6.20 Å². The lowest BCUT2D eigenvalue weighted by Gasteiger charge is -2.17. The minimum absolute atomic E-state index is 0.104. The van der Waals surface area contributed by atoms with Crippen LogP contribution >= 0.6 is 0 Å². The maximum Gasteiger partial charge on any atom is 0.534 e. The zero-order valence-corrected chi connectivity index (χ0v) is 12.9. The highest BCUT2D eigenvalue weighted by Gasteiger charge is 2.49. The number of alkyl halides is 3. The van der Waals surface area contributed by atoms with Crippen molar-refractivity contribution in [2.45, 2.75) is 51.5 Å². The fraction of sp³-hybridized carbons (Fsp3) is 0.667. The molecule has 1 aromatic rings. The van der Waals surface area contributed by atoms with Crippen molar-refractivity contribution in [3.8, 4) is 6.01 Å². The third kappa shape index (κ3) is 4.05. The molecule has 21 heavy (non-hydrogen) atoms. The summed E-state index contributed by atoms with van der Waals surface area (Å²) in [5, 5.41) is 0. The summed E-state index contributed by atoms with van der Waals surface area (Å²) >= 11 is 0. The first-order valence-corrected chi connectivity index (χ1v) is 7.78. The molecule has 1 atom stereocenters. The Balaban J connectivity index is 3.22. The summed E-state index contributed by atoms with van der Waals surface area (Å²) in [6.07, 6.45) is 2.11. The summed E-state index contributed by atoms with van der Waals surface area (Å²) in [6, 6.07) is -0.817. The summed E-state index contributed by atoms with van der Waals surface area (Å²) in [5.74, 6) is 0.00335. The molecule has 9 heteroatoms. The van der Waals surface area contributed by atoms with Crippen LogP contribution in [0.3, 0.4) is 0 Å². The molecule has 0 aliphatic carbocycles. The predicted octanol–water partition coefficient (Wildman–Crippen LogP) is 3.34. The Hall–Kier alpha value is -1.38. The molecule has 0 aliphatic heterocycles. The molecule has 0 saturated heterocycles. The molecule has 1 heterocycles. The van der Waals surface area contributed by atoms with Gasteiger partial charge in [-0.3, -0.25) is 0 Å². The van der Waals surface area contributed by atoms with Gasteiger partial charge >= 0.3 is 21.6 Å². The van der Waals surface area contributed by atoms with E-state index in [4.69, 9.17) is 0 Å². The Morgan fingerprint density at radius 3 is 2.29 bits per heavy atom. The van der Waals surface area contributed by atoms with Crippen LogP contribution < -0.4 is 4.18 Å². The molecule has 0 N–H and O–H groups in total. The first-order valence-electron chi connectivity index (χ1n) is 6.37. The van der Waals surface area contributed by atoms with Crippen LogP contribution in [-0.4, -0.2) is 23.9 Å². The third-order valence-electron chi connectivity index (χ3n) is 2.98. The van der Waals surface area contributed by atoms with Gasteiger partial charge in [0.2, 0.25) is 0 Å². The van der Waals surface area contributed by atoms with Gasteiger partial charge in [0.25, 0.3) is 0 Å². The Labute approximate surface area is 121 Å². The summed E-state index contributed by atoms with van der Waals surface area (Å²) in [5.41, 5.74) is -4.26. The second-order valence-electron chi connectivity index (χ2n) is 4.94. The SMILES string of the molecule is CCC(C)c1cnc(OS(=O)(=O)C(F)(F)F)nc1C(C)C. The van der Waals surface area contributed by atoms with E-state index in [9.17, 15) is 21.6 Å². The highest BCUT2D eigenvalue weighted by Crippen LogP contribution is 2.29. The maximum absolute atomic E-state index is 12.3. The van der Waals surface area contributed by atoms with Gasteiger partial charge in [-0.25, -0.2) is 4.98 Å². The highest BCUT2D eigenvalue weighted by molar-refractivity contribution is 7.87. The van der Waals surface area contributed by atoms with Crippen molar-refractivity contribution in [2.24, 2.45) is 0 Å². The molecule has 0 aromatic carbocycles. The highest BCUT2D eigenvalue weighted by atomic mass is 32.2. The van der Waals surface area contributed by atoms with E-state index in [0.29, 0.717) is 5.69 Å². The van der Waals surface area contributed by atoms with Gasteiger partial charge in [-0.2, -0.15) is 26.6 Å². The summed E-state index contributed by atoms with van der Waals surface area (Å²) in [4.78, 5) is 7.40. The van der Waals surface area contributed by atoms with Gasteiger partial charge in [0, 0.05) is 6.20 Å². The van der Waals surface area contributed by atoms with Crippen molar-refractivity contribution in [3.05, 3.63) is 17.5 Å². The number of halogens is 3. The Bertz CT molecular complexity index is 600. The molecular formula is C12H17F3N2O3S. The summed E-state index contributed by atoms with van der Waals surface area (Å²) in [6.45, 7) is 7.48. The standard InChI is InChI=1S/C12H17F3N2O3S/c1-5-8(4)9-6-16-11(17-10(9)7(2)3)20-21(18,19)12(13,14)15/h6-8H,5H2,1-4H3. The van der Waals surface area contributed by atoms with E-state index in [0.717, 1.165) is 12.0 Å². The monoisotopic (exact) mass is 326 g/mol. The predicted molar refractivity (Wildman–Crippen MR) is 70.4 cm³/mol. The molecule has 0 radical (unpaired) electrons. The number of nitrogens with zero attached hydrogens (tertiary/aromatic N) is 2. The van der Waals surface area contributed by atoms with E-state index in [-0.39, 0.29) is 11.8 Å². The summed E-state index contributed by atoms with van der Waals surface area (Å²) < 4.78 is 62.7. The van der Waals surface area contributed by atoms with Crippen LogP contribution in [-0.2, 0) is 10.1 Å². The van der Waals surface area contributed by atoms with E-state index in [2.05, 4.69) is 14.2 Å². The van der Waals surface area contributed by atoms with Crippen molar-refractivity contribution in [1.82, 2.24) is 9.97 Å². The van der Waals surface area contributed by atoms with Crippen LogP contribution in [0.1, 0.15) is 57.2 Å². The van der Waals surface area contributed by atoms with Crippen LogP contribution in [0.4, 0.5) is 13.2 Å². The molecule has 0 bridgehead atoms. The van der Waals surface area contributed by atoms with Crippen molar-refractivity contribution in [3.63, 3.8) is 0 Å². The lowest BCUT2D eigenvalue weighted by molar-refractivity contribution is -0.0502. The van der Waals surface area contributed by atoms with Crippen molar-refractivity contribution < 1.29 is 25.8 Å². The van der Waals surface area contributed by atoms with Gasteiger partial charge in [0.1, 0.15) is 0 Å². The third-order valence-corrected chi connectivity index (χ3v) is 3.92. The van der Waals surface area contributed by atoms with Gasteiger partial charge in [-0.1, -0.05) is 27.7 Å². The van der Waals surface area contributed by atoms with Gasteiger partial charge in [-0.05, 0) is 23.8 Å². The number of aromatic nitrogens is 2. The average molecular weight is 326 g/mol. The van der Waals surface area contributed by atoms with Crippen LogP contribution in [0.2, 0.25) is 0 Å². The lowest BCUT2D eigenvalue weighted by Crippen LogP contribution is -2.29. The van der Waals surface area contributed by atoms with E-state index in [1.54, 1.807) is 13.8 Å². The van der Waals surface area contributed by atoms with Crippen LogP contribution in [0.15, 0.2) is 6.20 Å². The Morgan fingerprint density at radius 2 is 1.86 bits per heavy atom. The molecule has 0 fully saturated rings. The van der Waals surface area contributed by atoms with E-state index in [1.807, 2.05) is 13.8 Å². The zero-order valence-electron chi connectivity index (χ0n) is 12.1. The molecule has 1 unspecified atom stereocenters. The smallest absolute Gasteiger partial charge is 0.337 e. The molecule has 1 rings (SSSR count). The lowest BCUT2D eigenvalue weighted by atomic mass is 9.94.